The number of nitrogens with one attached hydrogen (secondary N) is 1. The van der Waals surface area contributed by atoms with Crippen LogP contribution in [0.3, 0.4) is 0 Å². The lowest BCUT2D eigenvalue weighted by molar-refractivity contribution is 0.0932. The third-order valence-electron chi connectivity index (χ3n) is 4.16. The molecule has 1 heterocycles. The summed E-state index contributed by atoms with van der Waals surface area (Å²) in [5, 5.41) is 10.2. The van der Waals surface area contributed by atoms with Gasteiger partial charge in [0.05, 0.1) is 10.6 Å². The van der Waals surface area contributed by atoms with Gasteiger partial charge in [-0.1, -0.05) is 11.6 Å². The summed E-state index contributed by atoms with van der Waals surface area (Å²) >= 11 is 5.49. The molecule has 0 aliphatic heterocycles. The molecule has 1 aromatic heterocycles. The monoisotopic (exact) mass is 355 g/mol. The molecule has 1 aliphatic carbocycles. The van der Waals surface area contributed by atoms with Gasteiger partial charge in [0.2, 0.25) is 11.8 Å². The fraction of sp³-hybridized carbons (Fsp3) is 0.438. The van der Waals surface area contributed by atoms with E-state index in [1.54, 1.807) is 6.92 Å². The summed E-state index contributed by atoms with van der Waals surface area (Å²) < 4.78 is 32.6. The van der Waals surface area contributed by atoms with E-state index in [1.165, 1.54) is 0 Å². The Bertz CT molecular complexity index is 766. The maximum absolute atomic E-state index is 13.8. The standard InChI is InChI=1S/C16H16ClF2N3O2/c1-8-21-22-15(24-8)5-9-2-3-10(4-9)20-16(23)11-6-14(19)12(17)7-13(11)18/h6-7,9-10H,2-5H2,1H3,(H,20,23)/t9-,10+/m1/s1. The first kappa shape index (κ1) is 16.8. The molecule has 8 heteroatoms. The van der Waals surface area contributed by atoms with Crippen molar-refractivity contribution in [2.75, 3.05) is 0 Å². The fourth-order valence-corrected chi connectivity index (χ4v) is 3.17. The van der Waals surface area contributed by atoms with Crippen molar-refractivity contribution in [1.29, 1.82) is 0 Å². The molecule has 1 aromatic carbocycles. The van der Waals surface area contributed by atoms with E-state index in [4.69, 9.17) is 16.0 Å². The average Bonchev–Trinajstić information content (AvgIpc) is 3.12. The number of carbonyl (C=O) groups is 1. The number of hydrogen-bond donors (Lipinski definition) is 1. The topological polar surface area (TPSA) is 68.0 Å². The molecular weight excluding hydrogens is 340 g/mol. The van der Waals surface area contributed by atoms with Crippen molar-refractivity contribution in [1.82, 2.24) is 15.5 Å². The third-order valence-corrected chi connectivity index (χ3v) is 4.45. The molecule has 128 valence electrons. The molecular formula is C16H16ClF2N3O2. The molecule has 2 atom stereocenters. The van der Waals surface area contributed by atoms with E-state index in [-0.39, 0.29) is 16.6 Å². The maximum atomic E-state index is 13.8. The van der Waals surface area contributed by atoms with E-state index in [0.717, 1.165) is 31.4 Å². The largest absolute Gasteiger partial charge is 0.426 e. The first-order chi connectivity index (χ1) is 11.4. The SMILES string of the molecule is Cc1nnc(C[C@@H]2CC[C@H](NC(=O)c3cc(F)c(Cl)cc3F)C2)o1. The molecule has 0 radical (unpaired) electrons. The number of halogens is 3. The van der Waals surface area contributed by atoms with Gasteiger partial charge in [-0.25, -0.2) is 8.78 Å². The Morgan fingerprint density at radius 3 is 2.83 bits per heavy atom. The van der Waals surface area contributed by atoms with Crippen LogP contribution in [0.2, 0.25) is 5.02 Å². The number of benzene rings is 1. The lowest BCUT2D eigenvalue weighted by atomic mass is 10.0. The van der Waals surface area contributed by atoms with Crippen LogP contribution in [0, 0.1) is 24.5 Å². The minimum Gasteiger partial charge on any atom is -0.426 e. The molecule has 1 aliphatic rings. The van der Waals surface area contributed by atoms with Crippen LogP contribution in [-0.2, 0) is 6.42 Å². The van der Waals surface area contributed by atoms with Crippen LogP contribution in [0.4, 0.5) is 8.78 Å². The Labute approximate surface area is 142 Å². The highest BCUT2D eigenvalue weighted by molar-refractivity contribution is 6.30. The van der Waals surface area contributed by atoms with Crippen molar-refractivity contribution >= 4 is 17.5 Å². The van der Waals surface area contributed by atoms with Gasteiger partial charge in [-0.15, -0.1) is 10.2 Å². The molecule has 3 rings (SSSR count). The lowest BCUT2D eigenvalue weighted by Crippen LogP contribution is -2.33. The van der Waals surface area contributed by atoms with Gasteiger partial charge >= 0.3 is 0 Å². The number of hydrogen-bond acceptors (Lipinski definition) is 4. The minimum absolute atomic E-state index is 0.0929. The quantitative estimate of drug-likeness (QED) is 0.853. The van der Waals surface area contributed by atoms with Crippen molar-refractivity contribution in [2.45, 2.75) is 38.6 Å². The van der Waals surface area contributed by atoms with Crippen molar-refractivity contribution in [2.24, 2.45) is 5.92 Å². The summed E-state index contributed by atoms with van der Waals surface area (Å²) in [5.41, 5.74) is -0.340. The fourth-order valence-electron chi connectivity index (χ4n) is 3.02. The lowest BCUT2D eigenvalue weighted by Gasteiger charge is -2.13. The molecule has 1 fully saturated rings. The smallest absolute Gasteiger partial charge is 0.254 e. The molecule has 1 amide bonds. The van der Waals surface area contributed by atoms with Crippen LogP contribution in [0.15, 0.2) is 16.5 Å². The van der Waals surface area contributed by atoms with Crippen LogP contribution in [0.25, 0.3) is 0 Å². The van der Waals surface area contributed by atoms with Gasteiger partial charge in [0, 0.05) is 19.4 Å². The number of aryl methyl sites for hydroxylation is 1. The Balaban J connectivity index is 1.59. The average molecular weight is 356 g/mol. The van der Waals surface area contributed by atoms with E-state index < -0.39 is 17.5 Å². The van der Waals surface area contributed by atoms with Crippen molar-refractivity contribution in [3.8, 4) is 0 Å². The van der Waals surface area contributed by atoms with Crippen LogP contribution in [0.5, 0.6) is 0 Å². The summed E-state index contributed by atoms with van der Waals surface area (Å²) in [6, 6.07) is 1.53. The van der Waals surface area contributed by atoms with Crippen LogP contribution >= 0.6 is 11.6 Å². The van der Waals surface area contributed by atoms with Gasteiger partial charge in [0.25, 0.3) is 5.91 Å². The van der Waals surface area contributed by atoms with E-state index in [9.17, 15) is 13.6 Å². The highest BCUT2D eigenvalue weighted by atomic mass is 35.5. The molecule has 0 bridgehead atoms. The van der Waals surface area contributed by atoms with Crippen molar-refractivity contribution in [3.05, 3.63) is 46.1 Å². The molecule has 0 unspecified atom stereocenters. The third kappa shape index (κ3) is 3.72. The molecule has 0 saturated heterocycles. The van der Waals surface area contributed by atoms with Gasteiger partial charge in [-0.05, 0) is 37.3 Å². The van der Waals surface area contributed by atoms with Gasteiger partial charge in [0.1, 0.15) is 11.6 Å². The highest BCUT2D eigenvalue weighted by Gasteiger charge is 2.28. The normalized spacial score (nSPS) is 20.3. The number of carbonyl (C=O) groups excluding carboxylic acids is 1. The van der Waals surface area contributed by atoms with Gasteiger partial charge in [-0.2, -0.15) is 0 Å². The first-order valence-electron chi connectivity index (χ1n) is 7.66. The predicted molar refractivity (Wildman–Crippen MR) is 82.7 cm³/mol. The summed E-state index contributed by atoms with van der Waals surface area (Å²) in [5.74, 6) is -0.887. The number of aromatic nitrogens is 2. The van der Waals surface area contributed by atoms with Crippen LogP contribution in [0.1, 0.15) is 41.4 Å². The Kier molecular flexibility index (Phi) is 4.80. The predicted octanol–water partition coefficient (Wildman–Crippen LogP) is 3.45. The second-order valence-corrected chi connectivity index (χ2v) is 6.42. The zero-order valence-electron chi connectivity index (χ0n) is 13.0. The van der Waals surface area contributed by atoms with Crippen LogP contribution in [-0.4, -0.2) is 22.1 Å². The molecule has 2 aromatic rings. The van der Waals surface area contributed by atoms with E-state index in [1.807, 2.05) is 0 Å². The van der Waals surface area contributed by atoms with Gasteiger partial charge in [0.15, 0.2) is 0 Å². The van der Waals surface area contributed by atoms with Gasteiger partial charge in [-0.3, -0.25) is 4.79 Å². The molecule has 24 heavy (non-hydrogen) atoms. The summed E-state index contributed by atoms with van der Waals surface area (Å²) in [4.78, 5) is 12.2. The second-order valence-electron chi connectivity index (χ2n) is 6.01. The zero-order valence-corrected chi connectivity index (χ0v) is 13.7. The Hall–Kier alpha value is -2.02. The van der Waals surface area contributed by atoms with E-state index >= 15 is 0 Å². The summed E-state index contributed by atoms with van der Waals surface area (Å²) in [7, 11) is 0. The Morgan fingerprint density at radius 1 is 1.33 bits per heavy atom. The Morgan fingerprint density at radius 2 is 2.12 bits per heavy atom. The summed E-state index contributed by atoms with van der Waals surface area (Å²) in [6.07, 6.45) is 3.03. The van der Waals surface area contributed by atoms with Crippen LogP contribution < -0.4 is 5.32 Å². The first-order valence-corrected chi connectivity index (χ1v) is 8.04. The number of amides is 1. The minimum atomic E-state index is -0.838. The van der Waals surface area contributed by atoms with E-state index in [0.29, 0.717) is 24.1 Å². The maximum Gasteiger partial charge on any atom is 0.254 e. The second kappa shape index (κ2) is 6.84. The number of nitrogens with zero attached hydrogens (tertiary/aromatic N) is 2. The zero-order chi connectivity index (χ0) is 17.3. The number of rotatable bonds is 4. The molecule has 1 N–H and O–H groups in total. The highest BCUT2D eigenvalue weighted by Crippen LogP contribution is 2.29. The summed E-state index contributed by atoms with van der Waals surface area (Å²) in [6.45, 7) is 1.73. The van der Waals surface area contributed by atoms with E-state index in [2.05, 4.69) is 15.5 Å². The van der Waals surface area contributed by atoms with Gasteiger partial charge < -0.3 is 9.73 Å². The van der Waals surface area contributed by atoms with Crippen molar-refractivity contribution in [3.63, 3.8) is 0 Å². The molecule has 5 nitrogen and oxygen atoms in total. The molecule has 1 saturated carbocycles. The molecule has 0 spiro atoms. The van der Waals surface area contributed by atoms with Crippen molar-refractivity contribution < 1.29 is 18.0 Å².